The minimum Gasteiger partial charge on any atom is -0.244 e. The molecule has 0 aliphatic heterocycles. The molecular weight excluding hydrogens is 228 g/mol. The average molecular weight is 235 g/mol. The summed E-state index contributed by atoms with van der Waals surface area (Å²) in [6, 6.07) is 10.0. The van der Waals surface area contributed by atoms with Crippen LogP contribution in [-0.4, -0.2) is 9.97 Å². The molecule has 0 saturated carbocycles. The van der Waals surface area contributed by atoms with E-state index in [2.05, 4.69) is 25.9 Å². The molecule has 64 valence electrons. The van der Waals surface area contributed by atoms with Gasteiger partial charge in [0.2, 0.25) is 0 Å². The van der Waals surface area contributed by atoms with Gasteiger partial charge in [-0.2, -0.15) is 0 Å². The smallest absolute Gasteiger partial charge is 0.117 e. The van der Waals surface area contributed by atoms with E-state index < -0.39 is 0 Å². The molecule has 3 heteroatoms. The lowest BCUT2D eigenvalue weighted by molar-refractivity contribution is 1.14. The van der Waals surface area contributed by atoms with Crippen molar-refractivity contribution in [3.05, 3.63) is 47.5 Å². The van der Waals surface area contributed by atoms with E-state index in [1.54, 1.807) is 6.20 Å². The first kappa shape index (κ1) is 8.38. The first-order valence-electron chi connectivity index (χ1n) is 3.89. The highest BCUT2D eigenvalue weighted by Gasteiger charge is 2.01. The SMILES string of the molecule is Brc1ncncc1-c1ccccc1. The Morgan fingerprint density at radius 1 is 1.08 bits per heavy atom. The van der Waals surface area contributed by atoms with Crippen LogP contribution in [0.3, 0.4) is 0 Å². The molecule has 0 N–H and O–H groups in total. The number of nitrogens with zero attached hydrogens (tertiary/aromatic N) is 2. The zero-order chi connectivity index (χ0) is 9.10. The molecule has 2 rings (SSSR count). The van der Waals surface area contributed by atoms with Gasteiger partial charge in [-0.25, -0.2) is 9.97 Å². The van der Waals surface area contributed by atoms with Crippen LogP contribution in [0.1, 0.15) is 0 Å². The van der Waals surface area contributed by atoms with E-state index in [-0.39, 0.29) is 0 Å². The van der Waals surface area contributed by atoms with Crippen molar-refractivity contribution < 1.29 is 0 Å². The van der Waals surface area contributed by atoms with Crippen LogP contribution in [-0.2, 0) is 0 Å². The maximum Gasteiger partial charge on any atom is 0.117 e. The summed E-state index contributed by atoms with van der Waals surface area (Å²) in [6.07, 6.45) is 3.32. The Morgan fingerprint density at radius 2 is 1.85 bits per heavy atom. The van der Waals surface area contributed by atoms with Crippen molar-refractivity contribution in [2.75, 3.05) is 0 Å². The van der Waals surface area contributed by atoms with E-state index >= 15 is 0 Å². The van der Waals surface area contributed by atoms with Gasteiger partial charge in [-0.15, -0.1) is 0 Å². The maximum absolute atomic E-state index is 4.06. The zero-order valence-corrected chi connectivity index (χ0v) is 8.40. The van der Waals surface area contributed by atoms with Crippen LogP contribution >= 0.6 is 15.9 Å². The maximum atomic E-state index is 4.06. The molecule has 13 heavy (non-hydrogen) atoms. The second kappa shape index (κ2) is 3.66. The van der Waals surface area contributed by atoms with Crippen LogP contribution in [0.15, 0.2) is 47.5 Å². The summed E-state index contributed by atoms with van der Waals surface area (Å²) in [5.74, 6) is 0. The fourth-order valence-electron chi connectivity index (χ4n) is 1.13. The molecule has 2 nitrogen and oxygen atoms in total. The van der Waals surface area contributed by atoms with Gasteiger partial charge in [0.25, 0.3) is 0 Å². The standard InChI is InChI=1S/C10H7BrN2/c11-10-9(6-12-7-13-10)8-4-2-1-3-5-8/h1-7H. The molecule has 0 amide bonds. The van der Waals surface area contributed by atoms with Gasteiger partial charge in [0, 0.05) is 11.8 Å². The van der Waals surface area contributed by atoms with Crippen LogP contribution in [0.5, 0.6) is 0 Å². The summed E-state index contributed by atoms with van der Waals surface area (Å²) in [4.78, 5) is 8.04. The van der Waals surface area contributed by atoms with E-state index in [0.29, 0.717) is 0 Å². The molecule has 0 saturated heterocycles. The molecule has 0 fully saturated rings. The number of benzene rings is 1. The fourth-order valence-corrected chi connectivity index (χ4v) is 1.55. The van der Waals surface area contributed by atoms with E-state index in [0.717, 1.165) is 15.7 Å². The van der Waals surface area contributed by atoms with Crippen molar-refractivity contribution in [2.45, 2.75) is 0 Å². The Balaban J connectivity index is 2.54. The average Bonchev–Trinajstić information content (AvgIpc) is 2.20. The van der Waals surface area contributed by atoms with Gasteiger partial charge in [0.05, 0.1) is 0 Å². The lowest BCUT2D eigenvalue weighted by atomic mass is 10.1. The summed E-state index contributed by atoms with van der Waals surface area (Å²) >= 11 is 3.38. The van der Waals surface area contributed by atoms with E-state index in [1.165, 1.54) is 6.33 Å². The van der Waals surface area contributed by atoms with Gasteiger partial charge in [-0.3, -0.25) is 0 Å². The molecule has 0 spiro atoms. The zero-order valence-electron chi connectivity index (χ0n) is 6.81. The van der Waals surface area contributed by atoms with Crippen molar-refractivity contribution >= 4 is 15.9 Å². The molecular formula is C10H7BrN2. The molecule has 0 aliphatic carbocycles. The summed E-state index contributed by atoms with van der Waals surface area (Å²) < 4.78 is 0.828. The molecule has 1 aromatic carbocycles. The molecule has 0 aliphatic rings. The third-order valence-corrected chi connectivity index (χ3v) is 2.38. The van der Waals surface area contributed by atoms with Crippen LogP contribution in [0, 0.1) is 0 Å². The van der Waals surface area contributed by atoms with Gasteiger partial charge in [0.1, 0.15) is 10.9 Å². The molecule has 0 atom stereocenters. The predicted octanol–water partition coefficient (Wildman–Crippen LogP) is 2.91. The lowest BCUT2D eigenvalue weighted by Gasteiger charge is -2.01. The summed E-state index contributed by atoms with van der Waals surface area (Å²) in [5.41, 5.74) is 2.14. The quantitative estimate of drug-likeness (QED) is 0.710. The van der Waals surface area contributed by atoms with E-state index in [4.69, 9.17) is 0 Å². The van der Waals surface area contributed by atoms with Crippen LogP contribution in [0.2, 0.25) is 0 Å². The van der Waals surface area contributed by atoms with E-state index in [9.17, 15) is 0 Å². The van der Waals surface area contributed by atoms with Gasteiger partial charge in [0.15, 0.2) is 0 Å². The normalized spacial score (nSPS) is 9.92. The van der Waals surface area contributed by atoms with Crippen molar-refractivity contribution in [1.29, 1.82) is 0 Å². The molecule has 1 aromatic heterocycles. The van der Waals surface area contributed by atoms with Crippen LogP contribution < -0.4 is 0 Å². The second-order valence-electron chi connectivity index (χ2n) is 2.59. The molecule has 0 bridgehead atoms. The van der Waals surface area contributed by atoms with Crippen molar-refractivity contribution in [3.63, 3.8) is 0 Å². The van der Waals surface area contributed by atoms with Gasteiger partial charge in [-0.05, 0) is 21.5 Å². The monoisotopic (exact) mass is 234 g/mol. The molecule has 0 radical (unpaired) electrons. The van der Waals surface area contributed by atoms with Gasteiger partial charge < -0.3 is 0 Å². The van der Waals surface area contributed by atoms with Gasteiger partial charge in [-0.1, -0.05) is 30.3 Å². The first-order chi connectivity index (χ1) is 6.38. The van der Waals surface area contributed by atoms with Crippen molar-refractivity contribution in [1.82, 2.24) is 9.97 Å². The Labute approximate surface area is 84.8 Å². The summed E-state index contributed by atoms with van der Waals surface area (Å²) in [7, 11) is 0. The minimum absolute atomic E-state index is 0.828. The Kier molecular flexibility index (Phi) is 2.36. The molecule has 2 aromatic rings. The first-order valence-corrected chi connectivity index (χ1v) is 4.68. The van der Waals surface area contributed by atoms with Crippen LogP contribution in [0.4, 0.5) is 0 Å². The van der Waals surface area contributed by atoms with E-state index in [1.807, 2.05) is 30.3 Å². The molecule has 1 heterocycles. The predicted molar refractivity (Wildman–Crippen MR) is 55.2 cm³/mol. The number of hydrogen-bond donors (Lipinski definition) is 0. The minimum atomic E-state index is 0.828. The number of aromatic nitrogens is 2. The lowest BCUT2D eigenvalue weighted by Crippen LogP contribution is -1.84. The Hall–Kier alpha value is -1.22. The summed E-state index contributed by atoms with van der Waals surface area (Å²) in [5, 5.41) is 0. The van der Waals surface area contributed by atoms with Crippen LogP contribution in [0.25, 0.3) is 11.1 Å². The fraction of sp³-hybridized carbons (Fsp3) is 0. The second-order valence-corrected chi connectivity index (χ2v) is 3.34. The van der Waals surface area contributed by atoms with Crippen molar-refractivity contribution in [2.24, 2.45) is 0 Å². The third-order valence-electron chi connectivity index (χ3n) is 1.75. The highest BCUT2D eigenvalue weighted by Crippen LogP contribution is 2.24. The highest BCUT2D eigenvalue weighted by atomic mass is 79.9. The highest BCUT2D eigenvalue weighted by molar-refractivity contribution is 9.10. The summed E-state index contributed by atoms with van der Waals surface area (Å²) in [6.45, 7) is 0. The Bertz CT molecular complexity index is 401. The Morgan fingerprint density at radius 3 is 2.54 bits per heavy atom. The number of halogens is 1. The third kappa shape index (κ3) is 1.75. The van der Waals surface area contributed by atoms with Gasteiger partial charge >= 0.3 is 0 Å². The van der Waals surface area contributed by atoms with Crippen molar-refractivity contribution in [3.8, 4) is 11.1 Å². The molecule has 0 unspecified atom stereocenters. The topological polar surface area (TPSA) is 25.8 Å². The number of rotatable bonds is 1. The largest absolute Gasteiger partial charge is 0.244 e. The number of hydrogen-bond acceptors (Lipinski definition) is 2.